The number of hydrogen-bond acceptors (Lipinski definition) is 3. The Balaban J connectivity index is 1.81. The zero-order valence-electron chi connectivity index (χ0n) is 11.8. The van der Waals surface area contributed by atoms with Gasteiger partial charge in [0, 0.05) is 35.6 Å². The fraction of sp³-hybridized carbons (Fsp3) is 0.800. The number of rotatable bonds is 3. The maximum absolute atomic E-state index is 4.47. The van der Waals surface area contributed by atoms with Gasteiger partial charge in [0.1, 0.15) is 0 Å². The van der Waals surface area contributed by atoms with Crippen LogP contribution in [0.1, 0.15) is 56.2 Å². The Bertz CT molecular complexity index is 398. The zero-order chi connectivity index (χ0) is 13.1. The molecule has 1 aromatic rings. The summed E-state index contributed by atoms with van der Waals surface area (Å²) >= 11 is 2.04. The van der Waals surface area contributed by atoms with Gasteiger partial charge in [-0.05, 0) is 38.5 Å². The molecule has 19 heavy (non-hydrogen) atoms. The van der Waals surface area contributed by atoms with E-state index >= 15 is 0 Å². The van der Waals surface area contributed by atoms with Gasteiger partial charge in [0.15, 0.2) is 0 Å². The number of hydrogen-bond donors (Lipinski definition) is 1. The first kappa shape index (κ1) is 13.5. The molecular formula is C15H25N3S. The standard InChI is InChI=1S/C15H25N3S/c1-19-15-7-3-2-6-13(15)18-11-17-10-14(18)12-5-4-8-16-9-12/h10-13,15-16H,2-9H2,1H3. The van der Waals surface area contributed by atoms with Crippen molar-refractivity contribution in [3.05, 3.63) is 18.2 Å². The molecule has 106 valence electrons. The van der Waals surface area contributed by atoms with Crippen LogP contribution in [0.15, 0.2) is 12.5 Å². The highest BCUT2D eigenvalue weighted by Gasteiger charge is 2.29. The Morgan fingerprint density at radius 3 is 2.95 bits per heavy atom. The van der Waals surface area contributed by atoms with Gasteiger partial charge in [-0.1, -0.05) is 12.8 Å². The average molecular weight is 279 g/mol. The van der Waals surface area contributed by atoms with Crippen LogP contribution in [0.4, 0.5) is 0 Å². The lowest BCUT2D eigenvalue weighted by Gasteiger charge is -2.34. The summed E-state index contributed by atoms with van der Waals surface area (Å²) in [5.74, 6) is 0.667. The van der Waals surface area contributed by atoms with Crippen molar-refractivity contribution in [1.82, 2.24) is 14.9 Å². The zero-order valence-corrected chi connectivity index (χ0v) is 12.7. The highest BCUT2D eigenvalue weighted by Crippen LogP contribution is 2.38. The summed E-state index contributed by atoms with van der Waals surface area (Å²) in [4.78, 5) is 4.47. The molecule has 2 fully saturated rings. The van der Waals surface area contributed by atoms with Gasteiger partial charge in [0.05, 0.1) is 6.33 Å². The second-order valence-electron chi connectivity index (χ2n) is 5.90. The third-order valence-corrected chi connectivity index (χ3v) is 5.89. The lowest BCUT2D eigenvalue weighted by molar-refractivity contribution is 0.343. The average Bonchev–Trinajstić information content (AvgIpc) is 2.97. The first-order valence-corrected chi connectivity index (χ1v) is 8.94. The minimum atomic E-state index is 0.667. The highest BCUT2D eigenvalue weighted by atomic mass is 32.2. The van der Waals surface area contributed by atoms with Crippen LogP contribution in [0.5, 0.6) is 0 Å². The molecule has 1 saturated carbocycles. The summed E-state index contributed by atoms with van der Waals surface area (Å²) in [7, 11) is 0. The first-order valence-electron chi connectivity index (χ1n) is 7.65. The van der Waals surface area contributed by atoms with Gasteiger partial charge in [0.2, 0.25) is 0 Å². The molecule has 1 aliphatic heterocycles. The number of piperidine rings is 1. The molecule has 1 N–H and O–H groups in total. The van der Waals surface area contributed by atoms with Gasteiger partial charge in [-0.15, -0.1) is 0 Å². The Morgan fingerprint density at radius 2 is 2.16 bits per heavy atom. The molecule has 1 aromatic heterocycles. The van der Waals surface area contributed by atoms with Gasteiger partial charge in [-0.3, -0.25) is 0 Å². The monoisotopic (exact) mass is 279 g/mol. The summed E-state index contributed by atoms with van der Waals surface area (Å²) in [5, 5.41) is 4.31. The van der Waals surface area contributed by atoms with Gasteiger partial charge in [0.25, 0.3) is 0 Å². The molecule has 0 spiro atoms. The molecule has 0 bridgehead atoms. The second-order valence-corrected chi connectivity index (χ2v) is 6.97. The lowest BCUT2D eigenvalue weighted by Crippen LogP contribution is -2.32. The number of nitrogens with zero attached hydrogens (tertiary/aromatic N) is 2. The van der Waals surface area contributed by atoms with Crippen LogP contribution < -0.4 is 5.32 Å². The maximum atomic E-state index is 4.47. The molecule has 3 atom stereocenters. The van der Waals surface area contributed by atoms with Crippen LogP contribution in [-0.2, 0) is 0 Å². The van der Waals surface area contributed by atoms with E-state index in [9.17, 15) is 0 Å². The quantitative estimate of drug-likeness (QED) is 0.921. The molecule has 1 saturated heterocycles. The van der Waals surface area contributed by atoms with E-state index in [0.717, 1.165) is 11.8 Å². The van der Waals surface area contributed by atoms with E-state index in [2.05, 4.69) is 33.6 Å². The molecule has 2 heterocycles. The van der Waals surface area contributed by atoms with Crippen LogP contribution in [-0.4, -0.2) is 34.1 Å². The smallest absolute Gasteiger partial charge is 0.0951 e. The van der Waals surface area contributed by atoms with E-state index in [1.165, 1.54) is 50.8 Å². The fourth-order valence-electron chi connectivity index (χ4n) is 3.68. The highest BCUT2D eigenvalue weighted by molar-refractivity contribution is 7.99. The van der Waals surface area contributed by atoms with Crippen molar-refractivity contribution in [3.63, 3.8) is 0 Å². The molecular weight excluding hydrogens is 254 g/mol. The van der Waals surface area contributed by atoms with E-state index < -0.39 is 0 Å². The SMILES string of the molecule is CSC1CCCCC1n1cncc1C1CCCNC1. The molecule has 4 heteroatoms. The second kappa shape index (κ2) is 6.31. The molecule has 3 rings (SSSR count). The summed E-state index contributed by atoms with van der Waals surface area (Å²) < 4.78 is 2.51. The molecule has 0 radical (unpaired) electrons. The normalized spacial score (nSPS) is 32.4. The summed E-state index contributed by atoms with van der Waals surface area (Å²) in [6, 6.07) is 0.670. The van der Waals surface area contributed by atoms with Gasteiger partial charge in [-0.25, -0.2) is 4.98 Å². The Kier molecular flexibility index (Phi) is 4.49. The molecule has 2 aliphatic rings. The minimum Gasteiger partial charge on any atom is -0.330 e. The number of nitrogens with one attached hydrogen (secondary N) is 1. The van der Waals surface area contributed by atoms with Crippen molar-refractivity contribution >= 4 is 11.8 Å². The Hall–Kier alpha value is -0.480. The lowest BCUT2D eigenvalue weighted by atomic mass is 9.92. The van der Waals surface area contributed by atoms with Gasteiger partial charge < -0.3 is 9.88 Å². The number of aromatic nitrogens is 2. The van der Waals surface area contributed by atoms with E-state index in [0.29, 0.717) is 12.0 Å². The summed E-state index contributed by atoms with van der Waals surface area (Å²) in [6.45, 7) is 2.31. The van der Waals surface area contributed by atoms with E-state index in [-0.39, 0.29) is 0 Å². The van der Waals surface area contributed by atoms with E-state index in [4.69, 9.17) is 0 Å². The molecule has 3 unspecified atom stereocenters. The van der Waals surface area contributed by atoms with E-state index in [1.54, 1.807) is 0 Å². The van der Waals surface area contributed by atoms with Gasteiger partial charge >= 0.3 is 0 Å². The van der Waals surface area contributed by atoms with Crippen molar-refractivity contribution in [3.8, 4) is 0 Å². The predicted molar refractivity (Wildman–Crippen MR) is 81.9 cm³/mol. The third-order valence-electron chi connectivity index (χ3n) is 4.74. The molecule has 1 aliphatic carbocycles. The molecule has 0 amide bonds. The third kappa shape index (κ3) is 2.84. The number of thioether (sulfide) groups is 1. The summed E-state index contributed by atoms with van der Waals surface area (Å²) in [5.41, 5.74) is 1.47. The van der Waals surface area contributed by atoms with Crippen LogP contribution >= 0.6 is 11.8 Å². The minimum absolute atomic E-state index is 0.667. The van der Waals surface area contributed by atoms with Crippen molar-refractivity contribution in [1.29, 1.82) is 0 Å². The van der Waals surface area contributed by atoms with Crippen LogP contribution in [0.3, 0.4) is 0 Å². The first-order chi connectivity index (χ1) is 9.40. The van der Waals surface area contributed by atoms with Crippen LogP contribution in [0.25, 0.3) is 0 Å². The largest absolute Gasteiger partial charge is 0.330 e. The summed E-state index contributed by atoms with van der Waals surface area (Å²) in [6.07, 6.45) is 14.6. The van der Waals surface area contributed by atoms with Crippen molar-refractivity contribution in [2.24, 2.45) is 0 Å². The predicted octanol–water partition coefficient (Wildman–Crippen LogP) is 3.20. The van der Waals surface area contributed by atoms with Gasteiger partial charge in [-0.2, -0.15) is 11.8 Å². The topological polar surface area (TPSA) is 29.9 Å². The fourth-order valence-corrected chi connectivity index (χ4v) is 4.67. The maximum Gasteiger partial charge on any atom is 0.0951 e. The van der Waals surface area contributed by atoms with E-state index in [1.807, 2.05) is 11.8 Å². The van der Waals surface area contributed by atoms with Crippen molar-refractivity contribution in [2.45, 2.75) is 55.7 Å². The number of imidazole rings is 1. The Labute approximate surface area is 120 Å². The van der Waals surface area contributed by atoms with Crippen LogP contribution in [0, 0.1) is 0 Å². The van der Waals surface area contributed by atoms with Crippen molar-refractivity contribution in [2.75, 3.05) is 19.3 Å². The van der Waals surface area contributed by atoms with Crippen molar-refractivity contribution < 1.29 is 0 Å². The molecule has 0 aromatic carbocycles. The molecule has 3 nitrogen and oxygen atoms in total. The Morgan fingerprint density at radius 1 is 1.26 bits per heavy atom. The van der Waals surface area contributed by atoms with Crippen LogP contribution in [0.2, 0.25) is 0 Å².